The number of unbranched alkanes of at least 4 members (excludes halogenated alkanes) is 1. The molecule has 0 saturated heterocycles. The zero-order valence-corrected chi connectivity index (χ0v) is 12.0. The quantitative estimate of drug-likeness (QED) is 0.508. The Morgan fingerprint density at radius 1 is 1.44 bits per heavy atom. The van der Waals surface area contributed by atoms with E-state index in [0.29, 0.717) is 12.3 Å². The van der Waals surface area contributed by atoms with Crippen LogP contribution in [-0.4, -0.2) is 31.9 Å². The van der Waals surface area contributed by atoms with Crippen molar-refractivity contribution in [3.63, 3.8) is 0 Å². The second-order valence-electron chi connectivity index (χ2n) is 4.06. The molecular weight excluding hydrogens is 228 g/mol. The maximum absolute atomic E-state index is 11.5. The van der Waals surface area contributed by atoms with Gasteiger partial charge in [0, 0.05) is 13.3 Å². The summed E-state index contributed by atoms with van der Waals surface area (Å²) >= 11 is 0. The number of hydrogen-bond acceptors (Lipinski definition) is 3. The molecule has 0 aliphatic carbocycles. The van der Waals surface area contributed by atoms with Crippen molar-refractivity contribution in [1.29, 1.82) is 0 Å². The Morgan fingerprint density at radius 3 is 2.67 bits per heavy atom. The highest BCUT2D eigenvalue weighted by molar-refractivity contribution is 5.94. The van der Waals surface area contributed by atoms with Gasteiger partial charge in [0.25, 0.3) is 5.91 Å². The zero-order chi connectivity index (χ0) is 13.8. The predicted molar refractivity (Wildman–Crippen MR) is 75.9 cm³/mol. The lowest BCUT2D eigenvalue weighted by Gasteiger charge is -2.14. The van der Waals surface area contributed by atoms with Crippen LogP contribution in [-0.2, 0) is 9.53 Å². The van der Waals surface area contributed by atoms with Gasteiger partial charge in [-0.1, -0.05) is 26.7 Å². The van der Waals surface area contributed by atoms with Crippen molar-refractivity contribution in [2.75, 3.05) is 13.7 Å². The Bertz CT molecular complexity index is 286. The van der Waals surface area contributed by atoms with Crippen LogP contribution in [0.3, 0.4) is 0 Å². The number of hydrogen-bond donors (Lipinski definition) is 1. The maximum Gasteiger partial charge on any atom is 0.269 e. The number of nitrogens with zero attached hydrogens (tertiary/aromatic N) is 1. The number of carbonyl (C=O) groups excluding carboxylic acids is 1. The molecular formula is C14H26N2O2. The molecule has 0 fully saturated rings. The topological polar surface area (TPSA) is 50.7 Å². The summed E-state index contributed by atoms with van der Waals surface area (Å²) in [5.74, 6) is -0.182. The van der Waals surface area contributed by atoms with E-state index in [4.69, 9.17) is 4.74 Å². The van der Waals surface area contributed by atoms with Crippen LogP contribution in [0.1, 0.15) is 46.5 Å². The number of carbonyl (C=O) groups is 1. The van der Waals surface area contributed by atoms with Gasteiger partial charge in [0.2, 0.25) is 0 Å². The average molecular weight is 254 g/mol. The van der Waals surface area contributed by atoms with Gasteiger partial charge in [0.15, 0.2) is 0 Å². The van der Waals surface area contributed by atoms with E-state index >= 15 is 0 Å². The number of nitrogens with one attached hydrogen (secondary N) is 1. The van der Waals surface area contributed by atoms with E-state index < -0.39 is 0 Å². The Balaban J connectivity index is 4.26. The van der Waals surface area contributed by atoms with E-state index in [0.717, 1.165) is 12.8 Å². The molecule has 0 heterocycles. The number of amides is 1. The molecule has 0 aromatic carbocycles. The first-order chi connectivity index (χ1) is 8.69. The fraction of sp³-hybridized carbons (Fsp3) is 0.714. The summed E-state index contributed by atoms with van der Waals surface area (Å²) in [4.78, 5) is 15.5. The molecule has 0 bridgehead atoms. The van der Waals surface area contributed by atoms with Crippen LogP contribution in [0.5, 0.6) is 0 Å². The standard InChI is InChI=1S/C14H26N2O2/c1-5-8-9-12(6-2)18-11-10-13(16-7-3)14(17)15-4/h7,10,12H,5-6,8-9,11H2,1-4H3,(H,15,17). The van der Waals surface area contributed by atoms with E-state index in [9.17, 15) is 4.79 Å². The van der Waals surface area contributed by atoms with Gasteiger partial charge in [0.1, 0.15) is 5.70 Å². The van der Waals surface area contributed by atoms with E-state index in [1.807, 2.05) is 0 Å². The van der Waals surface area contributed by atoms with Gasteiger partial charge < -0.3 is 10.1 Å². The Kier molecular flexibility index (Phi) is 10.3. The van der Waals surface area contributed by atoms with Gasteiger partial charge in [0.05, 0.1) is 12.7 Å². The third-order valence-electron chi connectivity index (χ3n) is 2.67. The zero-order valence-electron chi connectivity index (χ0n) is 12.0. The second-order valence-corrected chi connectivity index (χ2v) is 4.06. The minimum atomic E-state index is -0.182. The number of ether oxygens (including phenoxy) is 1. The molecule has 0 aromatic heterocycles. The smallest absolute Gasteiger partial charge is 0.269 e. The van der Waals surface area contributed by atoms with Crippen LogP contribution >= 0.6 is 0 Å². The SMILES string of the molecule is CC=NC(=CCOC(CC)CCCC)C(=O)NC. The minimum absolute atomic E-state index is 0.182. The molecule has 0 aliphatic rings. The van der Waals surface area contributed by atoms with Crippen LogP contribution in [0.25, 0.3) is 0 Å². The Hall–Kier alpha value is -1.16. The molecule has 1 atom stereocenters. The second kappa shape index (κ2) is 11.0. The molecule has 1 amide bonds. The first-order valence-corrected chi connectivity index (χ1v) is 6.72. The maximum atomic E-state index is 11.5. The highest BCUT2D eigenvalue weighted by Gasteiger charge is 2.07. The summed E-state index contributed by atoms with van der Waals surface area (Å²) in [6, 6.07) is 0. The summed E-state index contributed by atoms with van der Waals surface area (Å²) in [5, 5.41) is 2.56. The summed E-state index contributed by atoms with van der Waals surface area (Å²) in [7, 11) is 1.60. The molecule has 0 saturated carbocycles. The van der Waals surface area contributed by atoms with Gasteiger partial charge >= 0.3 is 0 Å². The van der Waals surface area contributed by atoms with Gasteiger partial charge in [-0.05, 0) is 25.8 Å². The molecule has 1 unspecified atom stereocenters. The van der Waals surface area contributed by atoms with Gasteiger partial charge in [-0.25, -0.2) is 0 Å². The number of rotatable bonds is 9. The molecule has 0 aliphatic heterocycles. The van der Waals surface area contributed by atoms with Crippen molar-refractivity contribution >= 4 is 12.1 Å². The van der Waals surface area contributed by atoms with Crippen molar-refractivity contribution in [2.45, 2.75) is 52.6 Å². The average Bonchev–Trinajstić information content (AvgIpc) is 2.40. The van der Waals surface area contributed by atoms with E-state index in [2.05, 4.69) is 24.2 Å². The van der Waals surface area contributed by atoms with E-state index in [1.165, 1.54) is 12.8 Å². The summed E-state index contributed by atoms with van der Waals surface area (Å²) < 4.78 is 5.73. The molecule has 104 valence electrons. The molecule has 0 spiro atoms. The third-order valence-corrected chi connectivity index (χ3v) is 2.67. The molecule has 0 rings (SSSR count). The van der Waals surface area contributed by atoms with Crippen LogP contribution in [0.2, 0.25) is 0 Å². The van der Waals surface area contributed by atoms with Crippen LogP contribution in [0.4, 0.5) is 0 Å². The predicted octanol–water partition coefficient (Wildman–Crippen LogP) is 2.69. The third kappa shape index (κ3) is 7.22. The van der Waals surface area contributed by atoms with Crippen molar-refractivity contribution in [3.05, 3.63) is 11.8 Å². The fourth-order valence-electron chi connectivity index (χ4n) is 1.57. The normalized spacial score (nSPS) is 13.9. The summed E-state index contributed by atoms with van der Waals surface area (Å²) in [5.41, 5.74) is 0.408. The summed E-state index contributed by atoms with van der Waals surface area (Å²) in [6.45, 7) is 6.51. The number of aliphatic imine (C=N–C) groups is 1. The van der Waals surface area contributed by atoms with Gasteiger partial charge in [-0.2, -0.15) is 0 Å². The van der Waals surface area contributed by atoms with E-state index in [1.54, 1.807) is 26.3 Å². The van der Waals surface area contributed by atoms with Gasteiger partial charge in [-0.15, -0.1) is 0 Å². The van der Waals surface area contributed by atoms with Crippen LogP contribution in [0.15, 0.2) is 16.8 Å². The lowest BCUT2D eigenvalue weighted by Crippen LogP contribution is -2.20. The number of likely N-dealkylation sites (N-methyl/N-ethyl adjacent to an activating group) is 1. The lowest BCUT2D eigenvalue weighted by atomic mass is 10.1. The molecule has 18 heavy (non-hydrogen) atoms. The highest BCUT2D eigenvalue weighted by atomic mass is 16.5. The van der Waals surface area contributed by atoms with Crippen molar-refractivity contribution in [2.24, 2.45) is 4.99 Å². The molecule has 4 heteroatoms. The van der Waals surface area contributed by atoms with Crippen molar-refractivity contribution in [1.82, 2.24) is 5.32 Å². The first kappa shape index (κ1) is 16.8. The van der Waals surface area contributed by atoms with Gasteiger partial charge in [-0.3, -0.25) is 9.79 Å². The molecule has 0 radical (unpaired) electrons. The van der Waals surface area contributed by atoms with Crippen LogP contribution < -0.4 is 5.32 Å². The Morgan fingerprint density at radius 2 is 2.17 bits per heavy atom. The fourth-order valence-corrected chi connectivity index (χ4v) is 1.57. The molecule has 4 nitrogen and oxygen atoms in total. The van der Waals surface area contributed by atoms with Crippen LogP contribution in [0, 0.1) is 0 Å². The highest BCUT2D eigenvalue weighted by Crippen LogP contribution is 2.09. The molecule has 1 N–H and O–H groups in total. The Labute approximate surface area is 111 Å². The molecule has 0 aromatic rings. The lowest BCUT2D eigenvalue weighted by molar-refractivity contribution is -0.117. The first-order valence-electron chi connectivity index (χ1n) is 6.72. The minimum Gasteiger partial charge on any atom is -0.374 e. The largest absolute Gasteiger partial charge is 0.374 e. The van der Waals surface area contributed by atoms with Crippen molar-refractivity contribution < 1.29 is 9.53 Å². The van der Waals surface area contributed by atoms with Crippen molar-refractivity contribution in [3.8, 4) is 0 Å². The van der Waals surface area contributed by atoms with E-state index in [-0.39, 0.29) is 12.0 Å². The summed E-state index contributed by atoms with van der Waals surface area (Å²) in [6.07, 6.45) is 8.05. The monoisotopic (exact) mass is 254 g/mol.